The fourth-order valence-corrected chi connectivity index (χ4v) is 1.97. The SMILES string of the molecule is CS(=O)(=O)c1cccc(Oc2nc(N)ncc2F)c1. The van der Waals surface area contributed by atoms with E-state index in [9.17, 15) is 12.8 Å². The van der Waals surface area contributed by atoms with Crippen LogP contribution < -0.4 is 10.5 Å². The Bertz CT molecular complexity index is 719. The first-order chi connectivity index (χ1) is 8.86. The Balaban J connectivity index is 2.36. The van der Waals surface area contributed by atoms with Crippen LogP contribution in [0.2, 0.25) is 0 Å². The quantitative estimate of drug-likeness (QED) is 0.914. The Labute approximate surface area is 109 Å². The van der Waals surface area contributed by atoms with Gasteiger partial charge in [-0.3, -0.25) is 0 Å². The van der Waals surface area contributed by atoms with Crippen LogP contribution in [0.15, 0.2) is 35.4 Å². The molecule has 2 rings (SSSR count). The van der Waals surface area contributed by atoms with E-state index in [2.05, 4.69) is 9.97 Å². The lowest BCUT2D eigenvalue weighted by Gasteiger charge is -2.07. The molecule has 0 radical (unpaired) electrons. The average molecular weight is 283 g/mol. The standard InChI is InChI=1S/C11H10FN3O3S/c1-19(16,17)8-4-2-3-7(5-8)18-10-9(12)6-14-11(13)15-10/h2-6H,1H3,(H2,13,14,15). The first-order valence-corrected chi connectivity index (χ1v) is 7.01. The van der Waals surface area contributed by atoms with E-state index in [1.165, 1.54) is 24.3 Å². The number of hydrogen-bond acceptors (Lipinski definition) is 6. The van der Waals surface area contributed by atoms with E-state index in [0.717, 1.165) is 12.5 Å². The molecule has 0 unspecified atom stereocenters. The Kier molecular flexibility index (Phi) is 3.34. The highest BCUT2D eigenvalue weighted by Crippen LogP contribution is 2.24. The van der Waals surface area contributed by atoms with E-state index in [4.69, 9.17) is 10.5 Å². The second kappa shape index (κ2) is 4.81. The Morgan fingerprint density at radius 3 is 2.79 bits per heavy atom. The number of benzene rings is 1. The van der Waals surface area contributed by atoms with E-state index < -0.39 is 15.7 Å². The molecule has 0 saturated heterocycles. The van der Waals surface area contributed by atoms with Crippen LogP contribution in [-0.2, 0) is 9.84 Å². The first-order valence-electron chi connectivity index (χ1n) is 5.12. The van der Waals surface area contributed by atoms with Gasteiger partial charge in [-0.15, -0.1) is 0 Å². The van der Waals surface area contributed by atoms with Crippen LogP contribution in [0.3, 0.4) is 0 Å². The van der Waals surface area contributed by atoms with Gasteiger partial charge in [-0.05, 0) is 18.2 Å². The number of anilines is 1. The summed E-state index contributed by atoms with van der Waals surface area (Å²) in [5, 5.41) is 0. The third-order valence-corrected chi connectivity index (χ3v) is 3.29. The van der Waals surface area contributed by atoms with Crippen LogP contribution in [0.1, 0.15) is 0 Å². The van der Waals surface area contributed by atoms with Crippen LogP contribution in [-0.4, -0.2) is 24.6 Å². The molecule has 0 aliphatic heterocycles. The fraction of sp³-hybridized carbons (Fsp3) is 0.0909. The molecule has 0 atom stereocenters. The van der Waals surface area contributed by atoms with Crippen molar-refractivity contribution in [1.29, 1.82) is 0 Å². The predicted octanol–water partition coefficient (Wildman–Crippen LogP) is 1.39. The van der Waals surface area contributed by atoms with Crippen LogP contribution in [0.4, 0.5) is 10.3 Å². The molecule has 1 aromatic heterocycles. The zero-order valence-corrected chi connectivity index (χ0v) is 10.7. The lowest BCUT2D eigenvalue weighted by Crippen LogP contribution is -2.00. The largest absolute Gasteiger partial charge is 0.436 e. The van der Waals surface area contributed by atoms with Gasteiger partial charge >= 0.3 is 0 Å². The molecule has 2 N–H and O–H groups in total. The van der Waals surface area contributed by atoms with Crippen molar-refractivity contribution in [1.82, 2.24) is 9.97 Å². The zero-order valence-electron chi connectivity index (χ0n) is 9.87. The molecule has 0 spiro atoms. The number of ether oxygens (including phenoxy) is 1. The maximum atomic E-state index is 13.4. The molecule has 0 aliphatic carbocycles. The number of rotatable bonds is 3. The van der Waals surface area contributed by atoms with E-state index in [0.29, 0.717) is 0 Å². The summed E-state index contributed by atoms with van der Waals surface area (Å²) in [5.41, 5.74) is 5.32. The van der Waals surface area contributed by atoms with Gasteiger partial charge in [-0.2, -0.15) is 9.37 Å². The first kappa shape index (κ1) is 13.2. The molecular formula is C11H10FN3O3S. The maximum absolute atomic E-state index is 13.4. The molecule has 100 valence electrons. The van der Waals surface area contributed by atoms with Crippen LogP contribution in [0.5, 0.6) is 11.6 Å². The summed E-state index contributed by atoms with van der Waals surface area (Å²) in [6.07, 6.45) is 1.94. The smallest absolute Gasteiger partial charge is 0.260 e. The highest BCUT2D eigenvalue weighted by atomic mass is 32.2. The van der Waals surface area contributed by atoms with Crippen molar-refractivity contribution in [3.63, 3.8) is 0 Å². The molecule has 0 bridgehead atoms. The number of nitrogens with two attached hydrogens (primary N) is 1. The van der Waals surface area contributed by atoms with Gasteiger partial charge in [0.15, 0.2) is 9.84 Å². The van der Waals surface area contributed by atoms with Gasteiger partial charge in [0.2, 0.25) is 11.8 Å². The van der Waals surface area contributed by atoms with Crippen molar-refractivity contribution in [2.24, 2.45) is 0 Å². The van der Waals surface area contributed by atoms with Gasteiger partial charge in [0.05, 0.1) is 11.1 Å². The molecule has 0 saturated carbocycles. The Morgan fingerprint density at radius 1 is 1.37 bits per heavy atom. The summed E-state index contributed by atoms with van der Waals surface area (Å²) in [5.74, 6) is -1.16. The van der Waals surface area contributed by atoms with Crippen LogP contribution in [0, 0.1) is 5.82 Å². The lowest BCUT2D eigenvalue weighted by molar-refractivity contribution is 0.420. The van der Waals surface area contributed by atoms with E-state index in [-0.39, 0.29) is 22.5 Å². The monoisotopic (exact) mass is 283 g/mol. The van der Waals surface area contributed by atoms with Gasteiger partial charge in [-0.25, -0.2) is 13.4 Å². The number of nitrogen functional groups attached to an aromatic ring is 1. The number of nitrogens with zero attached hydrogens (tertiary/aromatic N) is 2. The zero-order chi connectivity index (χ0) is 14.0. The van der Waals surface area contributed by atoms with Gasteiger partial charge < -0.3 is 10.5 Å². The van der Waals surface area contributed by atoms with Gasteiger partial charge in [0, 0.05) is 6.26 Å². The van der Waals surface area contributed by atoms with Crippen molar-refractivity contribution in [2.45, 2.75) is 4.90 Å². The highest BCUT2D eigenvalue weighted by molar-refractivity contribution is 7.90. The summed E-state index contributed by atoms with van der Waals surface area (Å²) < 4.78 is 41.3. The fourth-order valence-electron chi connectivity index (χ4n) is 1.32. The number of sulfone groups is 1. The second-order valence-electron chi connectivity index (χ2n) is 3.73. The molecule has 0 fully saturated rings. The number of aromatic nitrogens is 2. The maximum Gasteiger partial charge on any atom is 0.260 e. The third-order valence-electron chi connectivity index (χ3n) is 2.18. The van der Waals surface area contributed by atoms with Crippen molar-refractivity contribution in [2.75, 3.05) is 12.0 Å². The summed E-state index contributed by atoms with van der Waals surface area (Å²) >= 11 is 0. The second-order valence-corrected chi connectivity index (χ2v) is 5.75. The third kappa shape index (κ3) is 3.16. The molecule has 19 heavy (non-hydrogen) atoms. The minimum absolute atomic E-state index is 0.0624. The van der Waals surface area contributed by atoms with Crippen LogP contribution in [0.25, 0.3) is 0 Å². The Morgan fingerprint density at radius 2 is 2.11 bits per heavy atom. The summed E-state index contributed by atoms with van der Waals surface area (Å²) in [6, 6.07) is 5.64. The van der Waals surface area contributed by atoms with E-state index in [1.54, 1.807) is 0 Å². The van der Waals surface area contributed by atoms with Crippen molar-refractivity contribution in [3.8, 4) is 11.6 Å². The normalized spacial score (nSPS) is 11.3. The predicted molar refractivity (Wildman–Crippen MR) is 66.0 cm³/mol. The summed E-state index contributed by atoms with van der Waals surface area (Å²) in [7, 11) is -3.37. The molecule has 0 aliphatic rings. The minimum Gasteiger partial charge on any atom is -0.436 e. The van der Waals surface area contributed by atoms with E-state index >= 15 is 0 Å². The number of hydrogen-bond donors (Lipinski definition) is 1. The lowest BCUT2D eigenvalue weighted by atomic mass is 10.3. The van der Waals surface area contributed by atoms with Gasteiger partial charge in [0.1, 0.15) is 5.75 Å². The molecule has 6 nitrogen and oxygen atoms in total. The molecule has 1 heterocycles. The number of halogens is 1. The minimum atomic E-state index is -3.37. The highest BCUT2D eigenvalue weighted by Gasteiger charge is 2.11. The van der Waals surface area contributed by atoms with Crippen molar-refractivity contribution >= 4 is 15.8 Å². The average Bonchev–Trinajstić information content (AvgIpc) is 2.33. The summed E-state index contributed by atoms with van der Waals surface area (Å²) in [4.78, 5) is 7.10. The molecule has 8 heteroatoms. The van der Waals surface area contributed by atoms with Crippen molar-refractivity contribution in [3.05, 3.63) is 36.3 Å². The summed E-state index contributed by atoms with van der Waals surface area (Å²) in [6.45, 7) is 0. The topological polar surface area (TPSA) is 95.2 Å². The van der Waals surface area contributed by atoms with E-state index in [1.807, 2.05) is 0 Å². The van der Waals surface area contributed by atoms with Crippen LogP contribution >= 0.6 is 0 Å². The van der Waals surface area contributed by atoms with Crippen molar-refractivity contribution < 1.29 is 17.5 Å². The van der Waals surface area contributed by atoms with Gasteiger partial charge in [-0.1, -0.05) is 6.07 Å². The van der Waals surface area contributed by atoms with Gasteiger partial charge in [0.25, 0.3) is 5.88 Å². The Hall–Kier alpha value is -2.22. The molecule has 1 aromatic carbocycles. The molecular weight excluding hydrogens is 273 g/mol. The molecule has 2 aromatic rings. The molecule has 0 amide bonds.